The smallest absolute Gasteiger partial charge is 0.358 e. The van der Waals surface area contributed by atoms with Gasteiger partial charge in [0.2, 0.25) is 3.70 Å². The van der Waals surface area contributed by atoms with Gasteiger partial charge in [0.1, 0.15) is 5.56 Å². The molecule has 4 nitrogen and oxygen atoms in total. The van der Waals surface area contributed by atoms with Crippen molar-refractivity contribution in [2.75, 3.05) is 0 Å². The second kappa shape index (κ2) is 4.66. The number of alkyl halides is 5. The minimum absolute atomic E-state index is 0.342. The Balaban J connectivity index is 3.64. The van der Waals surface area contributed by atoms with Crippen LogP contribution in [-0.4, -0.2) is 9.91 Å². The van der Waals surface area contributed by atoms with Crippen LogP contribution in [0.3, 0.4) is 0 Å². The fraction of sp³-hybridized carbons (Fsp3) is 0.286. The first-order valence-corrected chi connectivity index (χ1v) is 4.92. The lowest BCUT2D eigenvalue weighted by atomic mass is 10.1. The Bertz CT molecular complexity index is 462. The topological polar surface area (TPSA) is 56.0 Å². The summed E-state index contributed by atoms with van der Waals surface area (Å²) >= 11 is 1.28. The number of rotatable bonds is 2. The van der Waals surface area contributed by atoms with Crippen LogP contribution in [0.5, 0.6) is 0 Å². The zero-order valence-electron chi connectivity index (χ0n) is 7.63. The molecule has 0 atom stereocenters. The Morgan fingerprint density at radius 3 is 2.29 bits per heavy atom. The van der Waals surface area contributed by atoms with Crippen LogP contribution in [0.25, 0.3) is 0 Å². The Hall–Kier alpha value is -1.07. The minimum Gasteiger partial charge on any atom is -0.358 e. The molecule has 94 valence electrons. The van der Waals surface area contributed by atoms with Crippen molar-refractivity contribution < 1.29 is 26.9 Å². The van der Waals surface area contributed by atoms with Gasteiger partial charge < -0.3 is 10.1 Å². The zero-order chi connectivity index (χ0) is 13.4. The van der Waals surface area contributed by atoms with Gasteiger partial charge in [0.15, 0.2) is 0 Å². The summed E-state index contributed by atoms with van der Waals surface area (Å²) in [6, 6.07) is 0.342. The second-order valence-corrected chi connectivity index (χ2v) is 3.89. The molecule has 0 amide bonds. The fourth-order valence-corrected chi connectivity index (χ4v) is 1.64. The van der Waals surface area contributed by atoms with Crippen LogP contribution in [0.2, 0.25) is 0 Å². The van der Waals surface area contributed by atoms with Gasteiger partial charge in [-0.15, -0.1) is 0 Å². The van der Waals surface area contributed by atoms with Crippen molar-refractivity contribution >= 4 is 28.4 Å². The zero-order valence-corrected chi connectivity index (χ0v) is 9.79. The molecule has 0 aliphatic heterocycles. The quantitative estimate of drug-likeness (QED) is 0.264. The van der Waals surface area contributed by atoms with E-state index in [2.05, 4.69) is 4.98 Å². The Morgan fingerprint density at radius 2 is 1.94 bits per heavy atom. The van der Waals surface area contributed by atoms with E-state index in [4.69, 9.17) is 0 Å². The standard InChI is InChI=1S/C7H2F5IN2O2/c8-5(9)4-2(7(10,11)12)1-3(13)14-6(4)15(16)17/h1,5H. The van der Waals surface area contributed by atoms with Crippen molar-refractivity contribution in [1.29, 1.82) is 0 Å². The van der Waals surface area contributed by atoms with E-state index in [9.17, 15) is 32.1 Å². The number of nitrogens with zero attached hydrogens (tertiary/aromatic N) is 2. The summed E-state index contributed by atoms with van der Waals surface area (Å²) in [6.07, 6.45) is -8.73. The summed E-state index contributed by atoms with van der Waals surface area (Å²) in [5.74, 6) is -1.47. The van der Waals surface area contributed by atoms with Crippen molar-refractivity contribution in [2.24, 2.45) is 0 Å². The van der Waals surface area contributed by atoms with Crippen molar-refractivity contribution in [3.8, 4) is 0 Å². The van der Waals surface area contributed by atoms with Crippen LogP contribution in [0.15, 0.2) is 6.07 Å². The molecule has 0 bridgehead atoms. The molecule has 1 heterocycles. The summed E-state index contributed by atoms with van der Waals surface area (Å²) in [4.78, 5) is 12.1. The molecular weight excluding hydrogens is 366 g/mol. The van der Waals surface area contributed by atoms with E-state index in [0.717, 1.165) is 0 Å². The van der Waals surface area contributed by atoms with Crippen molar-refractivity contribution in [3.63, 3.8) is 0 Å². The molecular formula is C7H2F5IN2O2. The highest BCUT2D eigenvalue weighted by molar-refractivity contribution is 14.1. The largest absolute Gasteiger partial charge is 0.417 e. The van der Waals surface area contributed by atoms with Gasteiger partial charge >= 0.3 is 12.0 Å². The van der Waals surface area contributed by atoms with Crippen molar-refractivity contribution in [2.45, 2.75) is 12.6 Å². The molecule has 17 heavy (non-hydrogen) atoms. The number of hydrogen-bond donors (Lipinski definition) is 0. The van der Waals surface area contributed by atoms with Crippen LogP contribution >= 0.6 is 22.6 Å². The summed E-state index contributed by atoms with van der Waals surface area (Å²) < 4.78 is 61.9. The van der Waals surface area contributed by atoms with Crippen LogP contribution in [0, 0.1) is 13.8 Å². The first-order valence-electron chi connectivity index (χ1n) is 3.84. The first kappa shape index (κ1) is 14.0. The van der Waals surface area contributed by atoms with Crippen LogP contribution in [-0.2, 0) is 6.18 Å². The average molecular weight is 368 g/mol. The molecule has 0 aliphatic rings. The van der Waals surface area contributed by atoms with Crippen LogP contribution in [0.1, 0.15) is 17.6 Å². The number of aromatic nitrogens is 1. The van der Waals surface area contributed by atoms with Crippen molar-refractivity contribution in [3.05, 3.63) is 31.0 Å². The number of halogens is 6. The van der Waals surface area contributed by atoms with Gasteiger partial charge in [0.25, 0.3) is 6.43 Å². The maximum atomic E-state index is 12.5. The second-order valence-electron chi connectivity index (χ2n) is 2.79. The van der Waals surface area contributed by atoms with E-state index in [1.807, 2.05) is 0 Å². The normalized spacial score (nSPS) is 11.9. The minimum atomic E-state index is -5.10. The fourth-order valence-electron chi connectivity index (χ4n) is 1.10. The molecule has 1 rings (SSSR count). The molecule has 1 aromatic rings. The monoisotopic (exact) mass is 368 g/mol. The van der Waals surface area contributed by atoms with E-state index in [-0.39, 0.29) is 3.70 Å². The van der Waals surface area contributed by atoms with Gasteiger partial charge in [-0.05, 0) is 9.91 Å². The maximum Gasteiger partial charge on any atom is 0.417 e. The highest BCUT2D eigenvalue weighted by Gasteiger charge is 2.41. The van der Waals surface area contributed by atoms with E-state index in [1.54, 1.807) is 0 Å². The van der Waals surface area contributed by atoms with Gasteiger partial charge in [-0.1, -0.05) is 0 Å². The first-order chi connectivity index (χ1) is 7.64. The SMILES string of the molecule is O=[N+]([O-])c1nc(I)cc(C(F)(F)F)c1C(F)F. The van der Waals surface area contributed by atoms with Crippen LogP contribution < -0.4 is 0 Å². The summed E-state index contributed by atoms with van der Waals surface area (Å²) in [7, 11) is 0. The van der Waals surface area contributed by atoms with Gasteiger partial charge in [-0.2, -0.15) is 13.2 Å². The molecule has 1 aromatic heterocycles. The van der Waals surface area contributed by atoms with Gasteiger partial charge in [0, 0.05) is 28.7 Å². The number of nitro groups is 1. The molecule has 0 radical (unpaired) electrons. The lowest BCUT2D eigenvalue weighted by Gasteiger charge is -2.11. The third-order valence-electron chi connectivity index (χ3n) is 1.70. The van der Waals surface area contributed by atoms with E-state index in [0.29, 0.717) is 6.07 Å². The van der Waals surface area contributed by atoms with Gasteiger partial charge in [-0.25, -0.2) is 8.78 Å². The summed E-state index contributed by atoms with van der Waals surface area (Å²) in [5, 5.41) is 10.4. The van der Waals surface area contributed by atoms with Crippen molar-refractivity contribution in [1.82, 2.24) is 4.98 Å². The predicted octanol–water partition coefficient (Wildman–Crippen LogP) is 3.55. The van der Waals surface area contributed by atoms with E-state index in [1.165, 1.54) is 22.6 Å². The molecule has 10 heteroatoms. The van der Waals surface area contributed by atoms with Crippen LogP contribution in [0.4, 0.5) is 27.8 Å². The van der Waals surface area contributed by atoms with Gasteiger partial charge in [0.05, 0.1) is 5.56 Å². The number of hydrogen-bond acceptors (Lipinski definition) is 3. The Labute approximate surface area is 104 Å². The lowest BCUT2D eigenvalue weighted by Crippen LogP contribution is -2.13. The molecule has 0 aromatic carbocycles. The van der Waals surface area contributed by atoms with E-state index >= 15 is 0 Å². The molecule has 0 unspecified atom stereocenters. The van der Waals surface area contributed by atoms with E-state index < -0.39 is 34.5 Å². The third-order valence-corrected chi connectivity index (χ3v) is 2.26. The molecule has 0 aliphatic carbocycles. The predicted molar refractivity (Wildman–Crippen MR) is 53.6 cm³/mol. The molecule has 0 saturated heterocycles. The molecule has 0 saturated carbocycles. The Morgan fingerprint density at radius 1 is 1.41 bits per heavy atom. The summed E-state index contributed by atoms with van der Waals surface area (Å²) in [6.45, 7) is 0. The number of pyridine rings is 1. The molecule has 0 spiro atoms. The Kier molecular flexibility index (Phi) is 3.84. The highest BCUT2D eigenvalue weighted by Crippen LogP contribution is 2.40. The molecule has 0 N–H and O–H groups in total. The van der Waals surface area contributed by atoms with Gasteiger partial charge in [-0.3, -0.25) is 0 Å². The highest BCUT2D eigenvalue weighted by atomic mass is 127. The summed E-state index contributed by atoms with van der Waals surface area (Å²) in [5.41, 5.74) is -3.44. The lowest BCUT2D eigenvalue weighted by molar-refractivity contribution is -0.391. The molecule has 0 fully saturated rings. The maximum absolute atomic E-state index is 12.5. The third kappa shape index (κ3) is 2.98. The average Bonchev–Trinajstić information content (AvgIpc) is 2.14.